The van der Waals surface area contributed by atoms with Crippen molar-refractivity contribution >= 4 is 27.5 Å². The Morgan fingerprint density at radius 2 is 2.19 bits per heavy atom. The van der Waals surface area contributed by atoms with Crippen molar-refractivity contribution < 1.29 is 22.3 Å². The standard InChI is InChI=1S/C20H25FN4O4S2/c1-3-10-25-18(12-29-17-8-6-5-7-16(17)21)22-23-20(25)30-13-19(26)24(4-2)15-9-11-31(27,28)14-15/h3,5-8,15H,1,4,9-14H2,2H3/t15-/m1/s1. The van der Waals surface area contributed by atoms with Crippen LogP contribution in [-0.2, 0) is 27.8 Å². The second-order valence-electron chi connectivity index (χ2n) is 7.04. The lowest BCUT2D eigenvalue weighted by molar-refractivity contribution is -0.129. The number of benzene rings is 1. The summed E-state index contributed by atoms with van der Waals surface area (Å²) in [5, 5.41) is 8.76. The van der Waals surface area contributed by atoms with Crippen LogP contribution in [0, 0.1) is 5.82 Å². The number of para-hydroxylation sites is 1. The number of rotatable bonds is 10. The first-order valence-corrected chi connectivity index (χ1v) is 12.7. The Labute approximate surface area is 185 Å². The topological polar surface area (TPSA) is 94.4 Å². The van der Waals surface area contributed by atoms with Crippen LogP contribution in [-0.4, -0.2) is 63.8 Å². The number of aromatic nitrogens is 3. The number of ether oxygens (including phenoxy) is 1. The molecular formula is C20H25FN4O4S2. The van der Waals surface area contributed by atoms with E-state index in [-0.39, 0.29) is 41.6 Å². The number of carbonyl (C=O) groups excluding carboxylic acids is 1. The third kappa shape index (κ3) is 5.85. The van der Waals surface area contributed by atoms with Gasteiger partial charge in [-0.1, -0.05) is 30.0 Å². The van der Waals surface area contributed by atoms with Gasteiger partial charge in [-0.2, -0.15) is 0 Å². The van der Waals surface area contributed by atoms with Crippen LogP contribution in [0.3, 0.4) is 0 Å². The number of nitrogens with zero attached hydrogens (tertiary/aromatic N) is 4. The van der Waals surface area contributed by atoms with Crippen LogP contribution in [0.25, 0.3) is 0 Å². The fraction of sp³-hybridized carbons (Fsp3) is 0.450. The van der Waals surface area contributed by atoms with Crippen molar-refractivity contribution in [2.24, 2.45) is 0 Å². The molecule has 0 N–H and O–H groups in total. The van der Waals surface area contributed by atoms with Gasteiger partial charge in [-0.15, -0.1) is 16.8 Å². The molecule has 2 heterocycles. The van der Waals surface area contributed by atoms with Gasteiger partial charge in [0.2, 0.25) is 5.91 Å². The average Bonchev–Trinajstić information content (AvgIpc) is 3.29. The molecule has 1 fully saturated rings. The third-order valence-corrected chi connectivity index (χ3v) is 7.64. The Kier molecular flexibility index (Phi) is 7.71. The van der Waals surface area contributed by atoms with Gasteiger partial charge in [-0.05, 0) is 25.5 Å². The van der Waals surface area contributed by atoms with E-state index in [1.54, 1.807) is 27.7 Å². The molecule has 1 atom stereocenters. The van der Waals surface area contributed by atoms with E-state index < -0.39 is 15.7 Å². The highest BCUT2D eigenvalue weighted by molar-refractivity contribution is 7.99. The Balaban J connectivity index is 1.65. The predicted octanol–water partition coefficient (Wildman–Crippen LogP) is 2.31. The maximum absolute atomic E-state index is 13.8. The summed E-state index contributed by atoms with van der Waals surface area (Å²) in [6, 6.07) is 5.81. The zero-order valence-corrected chi connectivity index (χ0v) is 18.9. The molecule has 0 radical (unpaired) electrons. The summed E-state index contributed by atoms with van der Waals surface area (Å²) in [7, 11) is -3.07. The SMILES string of the molecule is C=CCn1c(COc2ccccc2F)nnc1SCC(=O)N(CC)[C@@H]1CCS(=O)(=O)C1. The molecule has 0 saturated carbocycles. The summed E-state index contributed by atoms with van der Waals surface area (Å²) in [6.07, 6.45) is 2.14. The van der Waals surface area contributed by atoms with Crippen LogP contribution in [0.4, 0.5) is 4.39 Å². The van der Waals surface area contributed by atoms with Crippen molar-refractivity contribution in [3.05, 3.63) is 48.6 Å². The zero-order chi connectivity index (χ0) is 22.4. The van der Waals surface area contributed by atoms with Gasteiger partial charge in [-0.3, -0.25) is 9.36 Å². The highest BCUT2D eigenvalue weighted by atomic mass is 32.2. The first kappa shape index (κ1) is 23.3. The van der Waals surface area contributed by atoms with E-state index >= 15 is 0 Å². The minimum absolute atomic E-state index is 0.0112. The molecule has 8 nitrogen and oxygen atoms in total. The number of thioether (sulfide) groups is 1. The molecule has 31 heavy (non-hydrogen) atoms. The summed E-state index contributed by atoms with van der Waals surface area (Å²) in [5.74, 6) is 0.221. The molecule has 1 saturated heterocycles. The lowest BCUT2D eigenvalue weighted by Gasteiger charge is -2.26. The quantitative estimate of drug-likeness (QED) is 0.390. The molecule has 2 aromatic rings. The highest BCUT2D eigenvalue weighted by Crippen LogP contribution is 2.23. The monoisotopic (exact) mass is 468 g/mol. The third-order valence-electron chi connectivity index (χ3n) is 4.93. The van der Waals surface area contributed by atoms with E-state index in [1.165, 1.54) is 23.9 Å². The van der Waals surface area contributed by atoms with Gasteiger partial charge in [-0.25, -0.2) is 12.8 Å². The number of allylic oxidation sites excluding steroid dienone is 1. The Morgan fingerprint density at radius 1 is 1.42 bits per heavy atom. The highest BCUT2D eigenvalue weighted by Gasteiger charge is 2.33. The molecule has 11 heteroatoms. The van der Waals surface area contributed by atoms with Gasteiger partial charge in [0.05, 0.1) is 17.3 Å². The first-order chi connectivity index (χ1) is 14.8. The van der Waals surface area contributed by atoms with Gasteiger partial charge in [0, 0.05) is 19.1 Å². The van der Waals surface area contributed by atoms with E-state index in [9.17, 15) is 17.6 Å². The lowest BCUT2D eigenvalue weighted by atomic mass is 10.2. The largest absolute Gasteiger partial charge is 0.483 e. The van der Waals surface area contributed by atoms with Crippen LogP contribution < -0.4 is 4.74 Å². The smallest absolute Gasteiger partial charge is 0.233 e. The van der Waals surface area contributed by atoms with E-state index in [2.05, 4.69) is 16.8 Å². The van der Waals surface area contributed by atoms with Gasteiger partial charge in [0.1, 0.15) is 6.61 Å². The summed E-state index contributed by atoms with van der Waals surface area (Å²) in [6.45, 7) is 6.43. The Bertz CT molecular complexity index is 1040. The molecule has 3 rings (SSSR count). The van der Waals surface area contributed by atoms with E-state index in [4.69, 9.17) is 4.74 Å². The van der Waals surface area contributed by atoms with Gasteiger partial charge in [0.15, 0.2) is 32.4 Å². The summed E-state index contributed by atoms with van der Waals surface area (Å²) < 4.78 is 44.6. The Hall–Kier alpha value is -2.40. The summed E-state index contributed by atoms with van der Waals surface area (Å²) in [5.41, 5.74) is 0. The predicted molar refractivity (Wildman–Crippen MR) is 116 cm³/mol. The van der Waals surface area contributed by atoms with E-state index in [0.717, 1.165) is 0 Å². The normalized spacial score (nSPS) is 17.4. The molecule has 1 aliphatic heterocycles. The zero-order valence-electron chi connectivity index (χ0n) is 17.2. The molecule has 0 aliphatic carbocycles. The minimum atomic E-state index is -3.07. The van der Waals surface area contributed by atoms with Gasteiger partial charge >= 0.3 is 0 Å². The molecular weight excluding hydrogens is 443 g/mol. The van der Waals surface area contributed by atoms with Crippen molar-refractivity contribution in [3.8, 4) is 5.75 Å². The van der Waals surface area contributed by atoms with Crippen LogP contribution >= 0.6 is 11.8 Å². The van der Waals surface area contributed by atoms with Crippen molar-refractivity contribution in [3.63, 3.8) is 0 Å². The van der Waals surface area contributed by atoms with Crippen molar-refractivity contribution in [2.45, 2.75) is 37.7 Å². The molecule has 0 bridgehead atoms. The Morgan fingerprint density at radius 3 is 2.84 bits per heavy atom. The van der Waals surface area contributed by atoms with Gasteiger partial charge < -0.3 is 9.64 Å². The maximum atomic E-state index is 13.8. The van der Waals surface area contributed by atoms with E-state index in [0.29, 0.717) is 30.5 Å². The second kappa shape index (κ2) is 10.3. The summed E-state index contributed by atoms with van der Waals surface area (Å²) in [4.78, 5) is 14.4. The summed E-state index contributed by atoms with van der Waals surface area (Å²) >= 11 is 1.21. The van der Waals surface area contributed by atoms with Crippen LogP contribution in [0.15, 0.2) is 42.1 Å². The maximum Gasteiger partial charge on any atom is 0.233 e. The second-order valence-corrected chi connectivity index (χ2v) is 10.2. The molecule has 1 aromatic carbocycles. The fourth-order valence-electron chi connectivity index (χ4n) is 3.42. The average molecular weight is 469 g/mol. The molecule has 1 amide bonds. The van der Waals surface area contributed by atoms with Crippen molar-refractivity contribution in [1.82, 2.24) is 19.7 Å². The van der Waals surface area contributed by atoms with Crippen LogP contribution in [0.2, 0.25) is 0 Å². The van der Waals surface area contributed by atoms with Crippen molar-refractivity contribution in [1.29, 1.82) is 0 Å². The van der Waals surface area contributed by atoms with Crippen molar-refractivity contribution in [2.75, 3.05) is 23.8 Å². The molecule has 0 spiro atoms. The number of halogens is 1. The molecule has 0 unspecified atom stereocenters. The van der Waals surface area contributed by atoms with Crippen LogP contribution in [0.5, 0.6) is 5.75 Å². The first-order valence-electron chi connectivity index (χ1n) is 9.87. The number of hydrogen-bond donors (Lipinski definition) is 0. The number of amides is 1. The number of hydrogen-bond acceptors (Lipinski definition) is 7. The lowest BCUT2D eigenvalue weighted by Crippen LogP contribution is -2.42. The van der Waals surface area contributed by atoms with Gasteiger partial charge in [0.25, 0.3) is 0 Å². The van der Waals surface area contributed by atoms with Crippen LogP contribution in [0.1, 0.15) is 19.2 Å². The molecule has 1 aromatic heterocycles. The fourth-order valence-corrected chi connectivity index (χ4v) is 6.00. The minimum Gasteiger partial charge on any atom is -0.483 e. The number of sulfone groups is 1. The van der Waals surface area contributed by atoms with E-state index in [1.807, 2.05) is 6.92 Å². The molecule has 1 aliphatic rings. The number of carbonyl (C=O) groups is 1. The molecule has 168 valence electrons.